The summed E-state index contributed by atoms with van der Waals surface area (Å²) in [6, 6.07) is 16.9. The zero-order valence-corrected chi connectivity index (χ0v) is 17.1. The minimum absolute atomic E-state index is 0.0737. The summed E-state index contributed by atoms with van der Waals surface area (Å²) < 4.78 is 19.3. The Morgan fingerprint density at radius 3 is 2.28 bits per heavy atom. The van der Waals surface area contributed by atoms with E-state index in [-0.39, 0.29) is 17.7 Å². The quantitative estimate of drug-likeness (QED) is 0.766. The van der Waals surface area contributed by atoms with Gasteiger partial charge in [-0.25, -0.2) is 4.39 Å². The number of ether oxygens (including phenoxy) is 1. The molecule has 2 aliphatic rings. The van der Waals surface area contributed by atoms with Gasteiger partial charge >= 0.3 is 0 Å². The summed E-state index contributed by atoms with van der Waals surface area (Å²) in [6.07, 6.45) is 5.55. The van der Waals surface area contributed by atoms with Gasteiger partial charge in [-0.05, 0) is 42.0 Å². The van der Waals surface area contributed by atoms with E-state index in [9.17, 15) is 9.50 Å². The van der Waals surface area contributed by atoms with Crippen molar-refractivity contribution < 1.29 is 14.2 Å². The maximum Gasteiger partial charge on any atom is 0.123 e. The molecule has 1 aliphatic heterocycles. The lowest BCUT2D eigenvalue weighted by molar-refractivity contribution is -0.0758. The Kier molecular flexibility index (Phi) is 6.63. The molecule has 0 bridgehead atoms. The van der Waals surface area contributed by atoms with Gasteiger partial charge in [-0.1, -0.05) is 61.7 Å². The van der Waals surface area contributed by atoms with Crippen LogP contribution in [0.15, 0.2) is 54.6 Å². The molecule has 0 radical (unpaired) electrons. The van der Waals surface area contributed by atoms with Gasteiger partial charge in [-0.15, -0.1) is 0 Å². The van der Waals surface area contributed by atoms with Crippen molar-refractivity contribution in [1.82, 2.24) is 4.90 Å². The number of hydrogen-bond donors (Lipinski definition) is 1. The van der Waals surface area contributed by atoms with Crippen molar-refractivity contribution >= 4 is 0 Å². The molecule has 2 aromatic carbocycles. The van der Waals surface area contributed by atoms with Crippen molar-refractivity contribution in [2.45, 2.75) is 43.6 Å². The first-order valence-electron chi connectivity index (χ1n) is 11.0. The van der Waals surface area contributed by atoms with Crippen LogP contribution in [0.2, 0.25) is 0 Å². The predicted molar refractivity (Wildman–Crippen MR) is 113 cm³/mol. The fourth-order valence-electron chi connectivity index (χ4n) is 5.21. The van der Waals surface area contributed by atoms with Gasteiger partial charge in [0.2, 0.25) is 0 Å². The standard InChI is InChI=1S/C25H32FNO2/c26-23-13-11-22(12-14-23)25(28,21-9-5-2-6-10-21)24(20-7-3-1-4-8-20)19-27-15-17-29-18-16-27/h1,3-4,7-8,11-14,21,24,28H,2,5-6,9-10,15-19H2/t24-,25-/m1/s1. The zero-order valence-electron chi connectivity index (χ0n) is 17.1. The molecule has 0 unspecified atom stereocenters. The van der Waals surface area contributed by atoms with E-state index in [1.807, 2.05) is 18.2 Å². The topological polar surface area (TPSA) is 32.7 Å². The van der Waals surface area contributed by atoms with Gasteiger partial charge in [0, 0.05) is 25.6 Å². The first-order valence-corrected chi connectivity index (χ1v) is 11.0. The molecule has 0 spiro atoms. The second kappa shape index (κ2) is 9.38. The Hall–Kier alpha value is -1.75. The molecule has 1 aliphatic carbocycles. The highest BCUT2D eigenvalue weighted by Crippen LogP contribution is 2.48. The second-order valence-electron chi connectivity index (χ2n) is 8.54. The van der Waals surface area contributed by atoms with Gasteiger partial charge in [0.1, 0.15) is 11.4 Å². The van der Waals surface area contributed by atoms with Crippen LogP contribution in [0.5, 0.6) is 0 Å². The molecule has 4 heteroatoms. The van der Waals surface area contributed by atoms with Crippen molar-refractivity contribution in [1.29, 1.82) is 0 Å². The lowest BCUT2D eigenvalue weighted by atomic mass is 9.65. The van der Waals surface area contributed by atoms with Crippen LogP contribution in [0.25, 0.3) is 0 Å². The number of benzene rings is 2. The minimum atomic E-state index is -1.02. The van der Waals surface area contributed by atoms with Crippen molar-refractivity contribution in [3.63, 3.8) is 0 Å². The van der Waals surface area contributed by atoms with E-state index in [0.29, 0.717) is 0 Å². The first-order chi connectivity index (χ1) is 14.2. The van der Waals surface area contributed by atoms with E-state index < -0.39 is 5.60 Å². The molecule has 3 nitrogen and oxygen atoms in total. The smallest absolute Gasteiger partial charge is 0.123 e. The fraction of sp³-hybridized carbons (Fsp3) is 0.520. The average Bonchev–Trinajstić information content (AvgIpc) is 2.79. The summed E-state index contributed by atoms with van der Waals surface area (Å²) in [5.41, 5.74) is 0.970. The SMILES string of the molecule is O[C@@](c1ccc(F)cc1)(C1CCCCC1)[C@H](CN1CCOCC1)c1ccccc1. The predicted octanol–water partition coefficient (Wildman–Crippen LogP) is 4.71. The molecule has 2 fully saturated rings. The van der Waals surface area contributed by atoms with Crippen LogP contribution in [0.4, 0.5) is 4.39 Å². The van der Waals surface area contributed by atoms with E-state index >= 15 is 0 Å². The van der Waals surface area contributed by atoms with Crippen LogP contribution >= 0.6 is 0 Å². The number of rotatable bonds is 6. The molecule has 1 saturated carbocycles. The maximum atomic E-state index is 13.7. The van der Waals surface area contributed by atoms with Gasteiger partial charge in [-0.2, -0.15) is 0 Å². The molecule has 0 amide bonds. The molecule has 2 atom stereocenters. The Morgan fingerprint density at radius 1 is 0.966 bits per heavy atom. The fourth-order valence-corrected chi connectivity index (χ4v) is 5.21. The van der Waals surface area contributed by atoms with Crippen molar-refractivity contribution in [2.24, 2.45) is 5.92 Å². The van der Waals surface area contributed by atoms with Crippen LogP contribution in [-0.2, 0) is 10.3 Å². The molecule has 156 valence electrons. The zero-order chi connectivity index (χ0) is 20.1. The number of morpholine rings is 1. The number of hydrogen-bond acceptors (Lipinski definition) is 3. The van der Waals surface area contributed by atoms with E-state index in [2.05, 4.69) is 17.0 Å². The third kappa shape index (κ3) is 4.55. The van der Waals surface area contributed by atoms with Gasteiger partial charge in [0.25, 0.3) is 0 Å². The third-order valence-corrected chi connectivity index (χ3v) is 6.81. The summed E-state index contributed by atoms with van der Waals surface area (Å²) in [4.78, 5) is 2.40. The molecule has 29 heavy (non-hydrogen) atoms. The van der Waals surface area contributed by atoms with Gasteiger partial charge < -0.3 is 9.84 Å². The summed E-state index contributed by atoms with van der Waals surface area (Å²) in [5, 5.41) is 12.5. The van der Waals surface area contributed by atoms with Crippen LogP contribution in [0.1, 0.15) is 49.1 Å². The Morgan fingerprint density at radius 2 is 1.62 bits per heavy atom. The highest BCUT2D eigenvalue weighted by molar-refractivity contribution is 5.33. The van der Waals surface area contributed by atoms with Crippen molar-refractivity contribution in [3.05, 3.63) is 71.5 Å². The van der Waals surface area contributed by atoms with E-state index in [0.717, 1.165) is 69.7 Å². The molecule has 1 N–H and O–H groups in total. The van der Waals surface area contributed by atoms with Crippen LogP contribution in [0.3, 0.4) is 0 Å². The molecule has 2 aromatic rings. The summed E-state index contributed by atoms with van der Waals surface area (Å²) in [5.74, 6) is -0.160. The highest BCUT2D eigenvalue weighted by atomic mass is 19.1. The molecule has 1 heterocycles. The lowest BCUT2D eigenvalue weighted by Crippen LogP contribution is -2.48. The van der Waals surface area contributed by atoms with E-state index in [1.165, 1.54) is 18.6 Å². The Labute approximate surface area is 173 Å². The summed E-state index contributed by atoms with van der Waals surface area (Å²) >= 11 is 0. The van der Waals surface area contributed by atoms with Gasteiger partial charge in [0.15, 0.2) is 0 Å². The molecule has 1 saturated heterocycles. The Balaban J connectivity index is 1.76. The monoisotopic (exact) mass is 397 g/mol. The number of aliphatic hydroxyl groups is 1. The Bertz CT molecular complexity index is 754. The number of nitrogens with zero attached hydrogens (tertiary/aromatic N) is 1. The van der Waals surface area contributed by atoms with Crippen molar-refractivity contribution in [2.75, 3.05) is 32.8 Å². The largest absolute Gasteiger partial charge is 0.384 e. The molecule has 4 rings (SSSR count). The normalized spacial score (nSPS) is 22.1. The third-order valence-electron chi connectivity index (χ3n) is 6.81. The lowest BCUT2D eigenvalue weighted by Gasteiger charge is -2.46. The van der Waals surface area contributed by atoms with Crippen LogP contribution < -0.4 is 0 Å². The first kappa shape index (κ1) is 20.5. The van der Waals surface area contributed by atoms with E-state index in [4.69, 9.17) is 4.74 Å². The summed E-state index contributed by atoms with van der Waals surface area (Å²) in [7, 11) is 0. The average molecular weight is 398 g/mol. The molecular weight excluding hydrogens is 365 g/mol. The highest BCUT2D eigenvalue weighted by Gasteiger charge is 2.46. The maximum absolute atomic E-state index is 13.7. The van der Waals surface area contributed by atoms with Gasteiger partial charge in [-0.3, -0.25) is 4.90 Å². The minimum Gasteiger partial charge on any atom is -0.384 e. The second-order valence-corrected chi connectivity index (χ2v) is 8.54. The molecule has 0 aromatic heterocycles. The summed E-state index contributed by atoms with van der Waals surface area (Å²) in [6.45, 7) is 4.01. The number of halogens is 1. The molecular formula is C25H32FNO2. The van der Waals surface area contributed by atoms with Crippen LogP contribution in [-0.4, -0.2) is 42.9 Å². The van der Waals surface area contributed by atoms with Gasteiger partial charge in [0.05, 0.1) is 13.2 Å². The van der Waals surface area contributed by atoms with Crippen LogP contribution in [0, 0.1) is 11.7 Å². The van der Waals surface area contributed by atoms with E-state index in [1.54, 1.807) is 12.1 Å². The van der Waals surface area contributed by atoms with Crippen molar-refractivity contribution in [3.8, 4) is 0 Å².